The van der Waals surface area contributed by atoms with Crippen molar-refractivity contribution < 1.29 is 4.74 Å². The van der Waals surface area contributed by atoms with Crippen LogP contribution in [0.25, 0.3) is 0 Å². The van der Waals surface area contributed by atoms with E-state index >= 15 is 0 Å². The first-order valence-electron chi connectivity index (χ1n) is 8.66. The topological polar surface area (TPSA) is 45.7 Å². The average molecular weight is 467 g/mol. The first-order valence-corrected chi connectivity index (χ1v) is 8.66. The lowest BCUT2D eigenvalue weighted by Crippen LogP contribution is -2.36. The molecule has 0 radical (unpaired) electrons. The zero-order valence-electron chi connectivity index (χ0n) is 16.1. The number of aliphatic imine (C=N–C) groups is 1. The van der Waals surface area contributed by atoms with Gasteiger partial charge >= 0.3 is 0 Å². The van der Waals surface area contributed by atoms with E-state index in [0.29, 0.717) is 6.61 Å². The lowest BCUT2D eigenvalue weighted by molar-refractivity contribution is -0.0149. The molecule has 2 rings (SSSR count). The molecule has 2 N–H and O–H groups in total. The molecular weight excluding hydrogens is 437 g/mol. The van der Waals surface area contributed by atoms with Crippen LogP contribution in [0.1, 0.15) is 37.5 Å². The van der Waals surface area contributed by atoms with Crippen molar-refractivity contribution in [3.63, 3.8) is 0 Å². The molecule has 0 aliphatic rings. The third-order valence-corrected chi connectivity index (χ3v) is 3.65. The highest BCUT2D eigenvalue weighted by Crippen LogP contribution is 2.13. The van der Waals surface area contributed by atoms with E-state index < -0.39 is 0 Å². The fourth-order valence-corrected chi connectivity index (χ4v) is 2.32. The standard InChI is InChI=1S/C21H29N3O.HI/c1-21(2,3)25-16-19-12-8-11-18(13-19)15-24-20(22-4)23-14-17-9-6-5-7-10-17;/h5-13H,14-16H2,1-4H3,(H2,22,23,24);1H. The number of halogens is 1. The molecule has 4 nitrogen and oxygen atoms in total. The Bertz CT molecular complexity index is 681. The van der Waals surface area contributed by atoms with Crippen molar-refractivity contribution in [2.75, 3.05) is 7.05 Å². The number of hydrogen-bond donors (Lipinski definition) is 2. The third-order valence-electron chi connectivity index (χ3n) is 3.65. The van der Waals surface area contributed by atoms with Gasteiger partial charge in [-0.25, -0.2) is 0 Å². The molecule has 0 aliphatic heterocycles. The molecule has 0 atom stereocenters. The van der Waals surface area contributed by atoms with Crippen molar-refractivity contribution in [2.45, 2.75) is 46.1 Å². The van der Waals surface area contributed by atoms with Crippen LogP contribution in [0.4, 0.5) is 0 Å². The van der Waals surface area contributed by atoms with Crippen LogP contribution in [-0.4, -0.2) is 18.6 Å². The Morgan fingerprint density at radius 1 is 0.885 bits per heavy atom. The van der Waals surface area contributed by atoms with E-state index in [9.17, 15) is 0 Å². The lowest BCUT2D eigenvalue weighted by atomic mass is 10.1. The minimum absolute atomic E-state index is 0. The molecule has 0 fully saturated rings. The first-order chi connectivity index (χ1) is 12.0. The minimum atomic E-state index is -0.127. The van der Waals surface area contributed by atoms with Gasteiger partial charge in [0.25, 0.3) is 0 Å². The average Bonchev–Trinajstić information content (AvgIpc) is 2.61. The molecule has 2 aromatic carbocycles. The fraction of sp³-hybridized carbons (Fsp3) is 0.381. The second-order valence-corrected chi connectivity index (χ2v) is 6.99. The molecule has 5 heteroatoms. The van der Waals surface area contributed by atoms with Gasteiger partial charge in [0.05, 0.1) is 12.2 Å². The van der Waals surface area contributed by atoms with Crippen molar-refractivity contribution in [1.82, 2.24) is 10.6 Å². The molecule has 0 spiro atoms. The third kappa shape index (κ3) is 8.67. The predicted molar refractivity (Wildman–Crippen MR) is 120 cm³/mol. The molecule has 0 unspecified atom stereocenters. The minimum Gasteiger partial charge on any atom is -0.371 e. The highest BCUT2D eigenvalue weighted by Gasteiger charge is 2.10. The van der Waals surface area contributed by atoms with Gasteiger partial charge < -0.3 is 15.4 Å². The summed E-state index contributed by atoms with van der Waals surface area (Å²) >= 11 is 0. The van der Waals surface area contributed by atoms with Crippen LogP contribution in [0.2, 0.25) is 0 Å². The second kappa shape index (κ2) is 11.2. The predicted octanol–water partition coefficient (Wildman–Crippen LogP) is 4.48. The fourth-order valence-electron chi connectivity index (χ4n) is 2.32. The number of hydrogen-bond acceptors (Lipinski definition) is 2. The van der Waals surface area contributed by atoms with Crippen molar-refractivity contribution in [2.24, 2.45) is 4.99 Å². The summed E-state index contributed by atoms with van der Waals surface area (Å²) in [6.45, 7) is 8.30. The van der Waals surface area contributed by atoms with Gasteiger partial charge in [0.2, 0.25) is 0 Å². The SMILES string of the molecule is CN=C(NCc1ccccc1)NCc1cccc(COC(C)(C)C)c1.I. The van der Waals surface area contributed by atoms with Crippen LogP contribution in [0.3, 0.4) is 0 Å². The van der Waals surface area contributed by atoms with Crippen LogP contribution in [0, 0.1) is 0 Å². The quantitative estimate of drug-likeness (QED) is 0.374. The Hall–Kier alpha value is -1.60. The second-order valence-electron chi connectivity index (χ2n) is 6.99. The molecule has 0 heterocycles. The van der Waals surface area contributed by atoms with Gasteiger partial charge in [-0.1, -0.05) is 54.6 Å². The van der Waals surface area contributed by atoms with Gasteiger partial charge in [-0.15, -0.1) is 24.0 Å². The largest absolute Gasteiger partial charge is 0.371 e. The van der Waals surface area contributed by atoms with E-state index in [-0.39, 0.29) is 29.6 Å². The maximum atomic E-state index is 5.85. The summed E-state index contributed by atoms with van der Waals surface area (Å²) in [5.74, 6) is 0.792. The molecule has 0 bridgehead atoms. The van der Waals surface area contributed by atoms with Gasteiger partial charge in [-0.2, -0.15) is 0 Å². The maximum Gasteiger partial charge on any atom is 0.191 e. The van der Waals surface area contributed by atoms with Gasteiger partial charge in [-0.05, 0) is 37.5 Å². The Balaban J connectivity index is 0.00000338. The molecular formula is C21H30IN3O. The monoisotopic (exact) mass is 467 g/mol. The maximum absolute atomic E-state index is 5.85. The summed E-state index contributed by atoms with van der Waals surface area (Å²) in [4.78, 5) is 4.28. The van der Waals surface area contributed by atoms with E-state index in [4.69, 9.17) is 4.74 Å². The van der Waals surface area contributed by atoms with E-state index in [1.54, 1.807) is 7.05 Å². The number of nitrogens with one attached hydrogen (secondary N) is 2. The van der Waals surface area contributed by atoms with Gasteiger partial charge in [0.1, 0.15) is 0 Å². The Labute approximate surface area is 174 Å². The summed E-state index contributed by atoms with van der Waals surface area (Å²) in [6.07, 6.45) is 0. The van der Waals surface area contributed by atoms with Crippen molar-refractivity contribution in [1.29, 1.82) is 0 Å². The van der Waals surface area contributed by atoms with Crippen LogP contribution in [-0.2, 0) is 24.4 Å². The lowest BCUT2D eigenvalue weighted by Gasteiger charge is -2.19. The molecule has 0 saturated carbocycles. The van der Waals surface area contributed by atoms with Crippen LogP contribution in [0.15, 0.2) is 59.6 Å². The van der Waals surface area contributed by atoms with E-state index in [1.807, 2.05) is 18.2 Å². The van der Waals surface area contributed by atoms with Gasteiger partial charge in [0.15, 0.2) is 5.96 Å². The number of guanidine groups is 1. The molecule has 0 saturated heterocycles. The van der Waals surface area contributed by atoms with Crippen LogP contribution >= 0.6 is 24.0 Å². The molecule has 26 heavy (non-hydrogen) atoms. The summed E-state index contributed by atoms with van der Waals surface area (Å²) in [5.41, 5.74) is 3.49. The smallest absolute Gasteiger partial charge is 0.191 e. The van der Waals surface area contributed by atoms with Crippen molar-refractivity contribution in [3.05, 3.63) is 71.3 Å². The first kappa shape index (κ1) is 22.4. The molecule has 0 aliphatic carbocycles. The summed E-state index contributed by atoms with van der Waals surface area (Å²) < 4.78 is 5.85. The Morgan fingerprint density at radius 2 is 1.46 bits per heavy atom. The number of benzene rings is 2. The zero-order valence-corrected chi connectivity index (χ0v) is 18.4. The summed E-state index contributed by atoms with van der Waals surface area (Å²) in [5, 5.41) is 6.68. The van der Waals surface area contributed by atoms with E-state index in [1.165, 1.54) is 16.7 Å². The highest BCUT2D eigenvalue weighted by molar-refractivity contribution is 14.0. The van der Waals surface area contributed by atoms with Gasteiger partial charge in [-0.3, -0.25) is 4.99 Å². The molecule has 0 amide bonds. The zero-order chi connectivity index (χ0) is 18.1. The molecule has 0 aromatic heterocycles. The highest BCUT2D eigenvalue weighted by atomic mass is 127. The molecule has 142 valence electrons. The van der Waals surface area contributed by atoms with Gasteiger partial charge in [0, 0.05) is 20.1 Å². The molecule has 2 aromatic rings. The summed E-state index contributed by atoms with van der Waals surface area (Å²) in [6, 6.07) is 18.7. The summed E-state index contributed by atoms with van der Waals surface area (Å²) in [7, 11) is 1.79. The Morgan fingerprint density at radius 3 is 2.08 bits per heavy atom. The van der Waals surface area contributed by atoms with Crippen LogP contribution in [0.5, 0.6) is 0 Å². The van der Waals surface area contributed by atoms with Crippen molar-refractivity contribution >= 4 is 29.9 Å². The Kier molecular flexibility index (Phi) is 9.65. The van der Waals surface area contributed by atoms with E-state index in [2.05, 4.69) is 72.8 Å². The van der Waals surface area contributed by atoms with Crippen molar-refractivity contribution in [3.8, 4) is 0 Å². The van der Waals surface area contributed by atoms with E-state index in [0.717, 1.165) is 19.0 Å². The number of ether oxygens (including phenoxy) is 1. The normalized spacial score (nSPS) is 11.6. The van der Waals surface area contributed by atoms with Crippen LogP contribution < -0.4 is 10.6 Å². The number of rotatable bonds is 6. The number of nitrogens with zero attached hydrogens (tertiary/aromatic N) is 1.